The third-order valence-corrected chi connectivity index (χ3v) is 3.12. The molecule has 0 spiro atoms. The summed E-state index contributed by atoms with van der Waals surface area (Å²) < 4.78 is 0. The zero-order chi connectivity index (χ0) is 9.38. The van der Waals surface area contributed by atoms with Crippen LogP contribution in [0.1, 0.15) is 24.0 Å². The standard InChI is InChI=1S/C12H16N2/c1-2-9(8-14-10-4-5-10)11-6-7-13-12(11)3-1/h1-3,10,13-14H,4-8H2. The SMILES string of the molecule is c1cc(CNC2CC2)c2c(c1)NCC2. The van der Waals surface area contributed by atoms with Gasteiger partial charge in [-0.2, -0.15) is 0 Å². The maximum atomic E-state index is 3.57. The van der Waals surface area contributed by atoms with Crippen LogP contribution in [0.15, 0.2) is 18.2 Å². The van der Waals surface area contributed by atoms with Crippen molar-refractivity contribution in [1.82, 2.24) is 5.32 Å². The van der Waals surface area contributed by atoms with Gasteiger partial charge in [-0.1, -0.05) is 12.1 Å². The Hall–Kier alpha value is -1.02. The molecule has 1 aliphatic heterocycles. The Kier molecular flexibility index (Phi) is 1.95. The van der Waals surface area contributed by atoms with Crippen molar-refractivity contribution >= 4 is 5.69 Å². The van der Waals surface area contributed by atoms with Crippen molar-refractivity contribution in [1.29, 1.82) is 0 Å². The van der Waals surface area contributed by atoms with Crippen molar-refractivity contribution in [2.75, 3.05) is 11.9 Å². The van der Waals surface area contributed by atoms with Crippen LogP contribution in [0, 0.1) is 0 Å². The predicted molar refractivity (Wildman–Crippen MR) is 58.5 cm³/mol. The number of rotatable bonds is 3. The Balaban J connectivity index is 1.78. The molecule has 74 valence electrons. The van der Waals surface area contributed by atoms with Crippen LogP contribution in [0.2, 0.25) is 0 Å². The van der Waals surface area contributed by atoms with Crippen LogP contribution in [0.5, 0.6) is 0 Å². The summed E-state index contributed by atoms with van der Waals surface area (Å²) in [6.45, 7) is 2.16. The van der Waals surface area contributed by atoms with Gasteiger partial charge >= 0.3 is 0 Å². The molecule has 3 rings (SSSR count). The molecule has 1 aromatic rings. The van der Waals surface area contributed by atoms with Crippen LogP contribution in [-0.4, -0.2) is 12.6 Å². The molecule has 2 N–H and O–H groups in total. The average molecular weight is 188 g/mol. The summed E-state index contributed by atoms with van der Waals surface area (Å²) in [7, 11) is 0. The first-order chi connectivity index (χ1) is 6.93. The summed E-state index contributed by atoms with van der Waals surface area (Å²) in [6, 6.07) is 7.39. The lowest BCUT2D eigenvalue weighted by atomic mass is 10.1. The highest BCUT2D eigenvalue weighted by atomic mass is 14.9. The zero-order valence-electron chi connectivity index (χ0n) is 8.34. The third kappa shape index (κ3) is 1.50. The molecule has 0 saturated heterocycles. The Morgan fingerprint density at radius 2 is 2.29 bits per heavy atom. The molecule has 0 amide bonds. The second-order valence-electron chi connectivity index (χ2n) is 4.28. The van der Waals surface area contributed by atoms with Crippen molar-refractivity contribution in [3.63, 3.8) is 0 Å². The number of nitrogens with one attached hydrogen (secondary N) is 2. The lowest BCUT2D eigenvalue weighted by Gasteiger charge is -2.08. The lowest BCUT2D eigenvalue weighted by Crippen LogP contribution is -2.16. The normalized spacial score (nSPS) is 19.1. The van der Waals surface area contributed by atoms with Gasteiger partial charge in [-0.15, -0.1) is 0 Å². The smallest absolute Gasteiger partial charge is 0.0376 e. The van der Waals surface area contributed by atoms with Crippen molar-refractivity contribution in [3.05, 3.63) is 29.3 Å². The van der Waals surface area contributed by atoms with Gasteiger partial charge in [0.2, 0.25) is 0 Å². The maximum absolute atomic E-state index is 3.57. The summed E-state index contributed by atoms with van der Waals surface area (Å²) in [5, 5.41) is 6.99. The predicted octanol–water partition coefficient (Wildman–Crippen LogP) is 1.91. The van der Waals surface area contributed by atoms with Gasteiger partial charge in [0.25, 0.3) is 0 Å². The van der Waals surface area contributed by atoms with Gasteiger partial charge in [-0.3, -0.25) is 0 Å². The van der Waals surface area contributed by atoms with Crippen molar-refractivity contribution < 1.29 is 0 Å². The summed E-state index contributed by atoms with van der Waals surface area (Å²) in [6.07, 6.45) is 3.93. The van der Waals surface area contributed by atoms with Crippen LogP contribution in [0.25, 0.3) is 0 Å². The highest BCUT2D eigenvalue weighted by molar-refractivity contribution is 5.58. The highest BCUT2D eigenvalue weighted by Gasteiger charge is 2.21. The molecule has 1 aromatic carbocycles. The van der Waals surface area contributed by atoms with Crippen LogP contribution in [0.4, 0.5) is 5.69 Å². The van der Waals surface area contributed by atoms with Crippen molar-refractivity contribution in [3.8, 4) is 0 Å². The molecule has 2 nitrogen and oxygen atoms in total. The van der Waals surface area contributed by atoms with E-state index < -0.39 is 0 Å². The number of benzene rings is 1. The van der Waals surface area contributed by atoms with Gasteiger partial charge in [-0.05, 0) is 36.5 Å². The molecule has 0 aromatic heterocycles. The van der Waals surface area contributed by atoms with Gasteiger partial charge in [0.1, 0.15) is 0 Å². The molecular formula is C12H16N2. The minimum absolute atomic E-state index is 0.806. The second-order valence-corrected chi connectivity index (χ2v) is 4.28. The number of hydrogen-bond acceptors (Lipinski definition) is 2. The van der Waals surface area contributed by atoms with E-state index in [9.17, 15) is 0 Å². The molecule has 1 heterocycles. The number of anilines is 1. The maximum Gasteiger partial charge on any atom is 0.0376 e. The Morgan fingerprint density at radius 3 is 3.14 bits per heavy atom. The summed E-state index contributed by atoms with van der Waals surface area (Å²) in [4.78, 5) is 0. The monoisotopic (exact) mass is 188 g/mol. The number of fused-ring (bicyclic) bond motifs is 1. The fourth-order valence-corrected chi connectivity index (χ4v) is 2.13. The van der Waals surface area contributed by atoms with E-state index in [0.29, 0.717) is 0 Å². The molecule has 2 aliphatic rings. The van der Waals surface area contributed by atoms with E-state index in [1.807, 2.05) is 0 Å². The van der Waals surface area contributed by atoms with Gasteiger partial charge in [0.15, 0.2) is 0 Å². The van der Waals surface area contributed by atoms with Gasteiger partial charge < -0.3 is 10.6 Å². The fourth-order valence-electron chi connectivity index (χ4n) is 2.13. The molecule has 0 bridgehead atoms. The molecule has 2 heteroatoms. The first kappa shape index (κ1) is 8.30. The zero-order valence-corrected chi connectivity index (χ0v) is 8.34. The van der Waals surface area contributed by atoms with E-state index in [1.165, 1.54) is 36.1 Å². The lowest BCUT2D eigenvalue weighted by molar-refractivity contribution is 0.684. The minimum atomic E-state index is 0.806. The van der Waals surface area contributed by atoms with Crippen molar-refractivity contribution in [2.24, 2.45) is 0 Å². The van der Waals surface area contributed by atoms with Crippen LogP contribution >= 0.6 is 0 Å². The molecule has 0 radical (unpaired) electrons. The van der Waals surface area contributed by atoms with E-state index >= 15 is 0 Å². The molecule has 1 aliphatic carbocycles. The summed E-state index contributed by atoms with van der Waals surface area (Å²) >= 11 is 0. The number of hydrogen-bond donors (Lipinski definition) is 2. The van der Waals surface area contributed by atoms with Crippen molar-refractivity contribution in [2.45, 2.75) is 31.8 Å². The van der Waals surface area contributed by atoms with Gasteiger partial charge in [0.05, 0.1) is 0 Å². The Bertz CT molecular complexity index is 342. The topological polar surface area (TPSA) is 24.1 Å². The minimum Gasteiger partial charge on any atom is -0.384 e. The van der Waals surface area contributed by atoms with Gasteiger partial charge in [0, 0.05) is 24.8 Å². The van der Waals surface area contributed by atoms with E-state index in [0.717, 1.165) is 19.1 Å². The first-order valence-electron chi connectivity index (χ1n) is 5.51. The molecule has 14 heavy (non-hydrogen) atoms. The highest BCUT2D eigenvalue weighted by Crippen LogP contribution is 2.26. The van der Waals surface area contributed by atoms with E-state index in [4.69, 9.17) is 0 Å². The average Bonchev–Trinajstić information content (AvgIpc) is 2.91. The molecule has 1 saturated carbocycles. The van der Waals surface area contributed by atoms with Crippen LogP contribution in [-0.2, 0) is 13.0 Å². The third-order valence-electron chi connectivity index (χ3n) is 3.12. The van der Waals surface area contributed by atoms with Crippen LogP contribution < -0.4 is 10.6 Å². The molecular weight excluding hydrogens is 172 g/mol. The Morgan fingerprint density at radius 1 is 1.36 bits per heavy atom. The van der Waals surface area contributed by atoms with E-state index in [-0.39, 0.29) is 0 Å². The Labute approximate surface area is 84.7 Å². The fraction of sp³-hybridized carbons (Fsp3) is 0.500. The van der Waals surface area contributed by atoms with E-state index in [1.54, 1.807) is 0 Å². The molecule has 0 unspecified atom stereocenters. The summed E-state index contributed by atoms with van der Waals surface area (Å²) in [5.41, 5.74) is 4.36. The second kappa shape index (κ2) is 3.28. The van der Waals surface area contributed by atoms with Crippen LogP contribution in [0.3, 0.4) is 0 Å². The van der Waals surface area contributed by atoms with Gasteiger partial charge in [-0.25, -0.2) is 0 Å². The summed E-state index contributed by atoms with van der Waals surface area (Å²) in [5.74, 6) is 0. The molecule has 1 fully saturated rings. The first-order valence-corrected chi connectivity index (χ1v) is 5.51. The quantitative estimate of drug-likeness (QED) is 0.757. The molecule has 0 atom stereocenters. The largest absolute Gasteiger partial charge is 0.384 e. The van der Waals surface area contributed by atoms with E-state index in [2.05, 4.69) is 28.8 Å².